The molecule has 0 aliphatic rings. The average molecular weight is 317 g/mol. The van der Waals surface area contributed by atoms with Crippen LogP contribution in [-0.4, -0.2) is 59.5 Å². The minimum absolute atomic E-state index is 0. The number of rotatable bonds is 13. The van der Waals surface area contributed by atoms with Gasteiger partial charge in [-0.05, 0) is 6.42 Å². The molecule has 0 amide bonds. The Morgan fingerprint density at radius 2 is 1.25 bits per heavy atom. The summed E-state index contributed by atoms with van der Waals surface area (Å²) in [5.41, 5.74) is 0. The summed E-state index contributed by atoms with van der Waals surface area (Å²) in [6.07, 6.45) is 11.6. The molecule has 0 heterocycles. The molecule has 0 aromatic heterocycles. The van der Waals surface area contributed by atoms with E-state index in [2.05, 4.69) is 6.92 Å². The van der Waals surface area contributed by atoms with Crippen LogP contribution in [0.4, 0.5) is 0 Å². The average Bonchev–Trinajstić information content (AvgIpc) is 2.29. The second kappa shape index (κ2) is 14.8. The zero-order valence-corrected chi connectivity index (χ0v) is 16.0. The summed E-state index contributed by atoms with van der Waals surface area (Å²) in [6.45, 7) is 2.22. The van der Waals surface area contributed by atoms with E-state index in [4.69, 9.17) is 4.55 Å². The van der Waals surface area contributed by atoms with Gasteiger partial charge in [0.25, 0.3) is 10.1 Å². The normalized spacial score (nSPS) is 12.9. The molecular weight excluding hydrogens is 287 g/mol. The maximum absolute atomic E-state index is 10.5. The van der Waals surface area contributed by atoms with Crippen LogP contribution in [-0.2, 0) is 10.1 Å². The Hall–Kier alpha value is 0.870. The Labute approximate surface area is 146 Å². The van der Waals surface area contributed by atoms with Crippen molar-refractivity contribution in [2.75, 3.05) is 5.75 Å². The van der Waals surface area contributed by atoms with Crippen LogP contribution in [0, 0.1) is 0 Å². The van der Waals surface area contributed by atoms with E-state index in [0.717, 1.165) is 19.3 Å². The molecule has 1 atom stereocenters. The standard InChI is InChI=1S/C14H30O4S.Na/c1-2-3-4-5-6-7-8-9-10-11-12-14(15)13-19(16,17)18;/h14-15H,2-13H2,1H3,(H,16,17,18);. The van der Waals surface area contributed by atoms with Crippen molar-refractivity contribution >= 4 is 39.7 Å². The van der Waals surface area contributed by atoms with Gasteiger partial charge in [-0.3, -0.25) is 4.55 Å². The van der Waals surface area contributed by atoms with Gasteiger partial charge in [0, 0.05) is 29.6 Å². The largest absolute Gasteiger partial charge is 0.392 e. The first-order chi connectivity index (χ1) is 8.95. The van der Waals surface area contributed by atoms with Crippen molar-refractivity contribution in [3.8, 4) is 0 Å². The summed E-state index contributed by atoms with van der Waals surface area (Å²) in [4.78, 5) is 0. The molecule has 117 valence electrons. The molecule has 1 unspecified atom stereocenters. The predicted octanol–water partition coefficient (Wildman–Crippen LogP) is 3.17. The zero-order valence-electron chi connectivity index (χ0n) is 13.2. The zero-order chi connectivity index (χ0) is 14.6. The molecule has 0 spiro atoms. The second-order valence-electron chi connectivity index (χ2n) is 5.37. The number of aliphatic hydroxyl groups is 1. The summed E-state index contributed by atoms with van der Waals surface area (Å²) in [5.74, 6) is -0.537. The Balaban J connectivity index is 0. The monoisotopic (exact) mass is 317 g/mol. The second-order valence-corrected chi connectivity index (χ2v) is 6.87. The molecule has 0 saturated carbocycles. The third-order valence-corrected chi connectivity index (χ3v) is 4.10. The van der Waals surface area contributed by atoms with Gasteiger partial charge in [-0.2, -0.15) is 8.42 Å². The fourth-order valence-corrected chi connectivity index (χ4v) is 2.85. The minimum atomic E-state index is -4.04. The molecule has 0 aromatic carbocycles. The molecular formula is C14H30NaO4S. The van der Waals surface area contributed by atoms with E-state index in [1.54, 1.807) is 0 Å². The van der Waals surface area contributed by atoms with E-state index in [0.29, 0.717) is 6.42 Å². The molecule has 0 aliphatic heterocycles. The third kappa shape index (κ3) is 18.9. The van der Waals surface area contributed by atoms with E-state index in [9.17, 15) is 13.5 Å². The Morgan fingerprint density at radius 3 is 1.65 bits per heavy atom. The maximum atomic E-state index is 10.5. The van der Waals surface area contributed by atoms with Crippen molar-refractivity contribution in [3.05, 3.63) is 0 Å². The smallest absolute Gasteiger partial charge is 0.267 e. The van der Waals surface area contributed by atoms with E-state index < -0.39 is 22.0 Å². The summed E-state index contributed by atoms with van der Waals surface area (Å²) >= 11 is 0. The van der Waals surface area contributed by atoms with Crippen LogP contribution in [0.2, 0.25) is 0 Å². The van der Waals surface area contributed by atoms with Crippen molar-refractivity contribution in [1.82, 2.24) is 0 Å². The molecule has 0 fully saturated rings. The molecule has 20 heavy (non-hydrogen) atoms. The van der Waals surface area contributed by atoms with Gasteiger partial charge in [-0.25, -0.2) is 0 Å². The van der Waals surface area contributed by atoms with Gasteiger partial charge in [0.2, 0.25) is 0 Å². The van der Waals surface area contributed by atoms with Crippen molar-refractivity contribution in [2.24, 2.45) is 0 Å². The van der Waals surface area contributed by atoms with E-state index in [1.807, 2.05) is 0 Å². The van der Waals surface area contributed by atoms with Gasteiger partial charge in [0.15, 0.2) is 0 Å². The fourth-order valence-electron chi connectivity index (χ4n) is 2.19. The van der Waals surface area contributed by atoms with Crippen molar-refractivity contribution < 1.29 is 18.1 Å². The predicted molar refractivity (Wildman–Crippen MR) is 84.6 cm³/mol. The number of unbranched alkanes of at least 4 members (excludes halogenated alkanes) is 9. The number of hydrogen-bond donors (Lipinski definition) is 2. The quantitative estimate of drug-likeness (QED) is 0.311. The van der Waals surface area contributed by atoms with E-state index in [1.165, 1.54) is 44.9 Å². The Kier molecular flexibility index (Phi) is 17.1. The molecule has 0 saturated heterocycles. The van der Waals surface area contributed by atoms with Crippen LogP contribution in [0.25, 0.3) is 0 Å². The first-order valence-electron chi connectivity index (χ1n) is 7.59. The Bertz CT molecular complexity index is 294. The molecule has 0 aliphatic carbocycles. The first-order valence-corrected chi connectivity index (χ1v) is 9.20. The van der Waals surface area contributed by atoms with Gasteiger partial charge in [0.05, 0.1) is 6.10 Å². The van der Waals surface area contributed by atoms with Gasteiger partial charge in [-0.1, -0.05) is 71.1 Å². The van der Waals surface area contributed by atoms with Crippen LogP contribution >= 0.6 is 0 Å². The first kappa shape index (κ1) is 23.1. The van der Waals surface area contributed by atoms with Crippen LogP contribution in [0.5, 0.6) is 0 Å². The van der Waals surface area contributed by atoms with E-state index in [-0.39, 0.29) is 29.6 Å². The summed E-state index contributed by atoms with van der Waals surface area (Å²) in [6, 6.07) is 0. The topological polar surface area (TPSA) is 74.6 Å². The van der Waals surface area contributed by atoms with Gasteiger partial charge in [-0.15, -0.1) is 0 Å². The van der Waals surface area contributed by atoms with Crippen LogP contribution in [0.15, 0.2) is 0 Å². The molecule has 0 bridgehead atoms. The summed E-state index contributed by atoms with van der Waals surface area (Å²) in [5, 5.41) is 9.37. The maximum Gasteiger partial charge on any atom is 0.267 e. The van der Waals surface area contributed by atoms with Crippen molar-refractivity contribution in [2.45, 2.75) is 83.7 Å². The van der Waals surface area contributed by atoms with Crippen LogP contribution in [0.3, 0.4) is 0 Å². The van der Waals surface area contributed by atoms with Crippen molar-refractivity contribution in [1.29, 1.82) is 0 Å². The molecule has 0 aromatic rings. The van der Waals surface area contributed by atoms with Crippen LogP contribution in [0.1, 0.15) is 77.6 Å². The van der Waals surface area contributed by atoms with Gasteiger partial charge in [0.1, 0.15) is 5.75 Å². The molecule has 1 radical (unpaired) electrons. The fraction of sp³-hybridized carbons (Fsp3) is 1.00. The number of hydrogen-bond acceptors (Lipinski definition) is 3. The third-order valence-electron chi connectivity index (χ3n) is 3.29. The van der Waals surface area contributed by atoms with Crippen LogP contribution < -0.4 is 0 Å². The summed E-state index contributed by atoms with van der Waals surface area (Å²) in [7, 11) is -4.04. The van der Waals surface area contributed by atoms with E-state index >= 15 is 0 Å². The SMILES string of the molecule is CCCCCCCCCCCCC(O)CS(=O)(=O)O.[Na]. The van der Waals surface area contributed by atoms with Crippen molar-refractivity contribution in [3.63, 3.8) is 0 Å². The summed E-state index contributed by atoms with van der Waals surface area (Å²) < 4.78 is 29.6. The molecule has 6 heteroatoms. The Morgan fingerprint density at radius 1 is 0.850 bits per heavy atom. The molecule has 4 nitrogen and oxygen atoms in total. The molecule has 2 N–H and O–H groups in total. The minimum Gasteiger partial charge on any atom is -0.392 e. The van der Waals surface area contributed by atoms with Gasteiger partial charge < -0.3 is 5.11 Å². The molecule has 0 rings (SSSR count). The number of aliphatic hydroxyl groups excluding tert-OH is 1. The van der Waals surface area contributed by atoms with Gasteiger partial charge >= 0.3 is 0 Å².